The van der Waals surface area contributed by atoms with Crippen molar-refractivity contribution in [1.82, 2.24) is 29.9 Å². The van der Waals surface area contributed by atoms with Crippen LogP contribution in [-0.4, -0.2) is 29.9 Å². The Hall–Kier alpha value is -8.68. The molecule has 11 rings (SSSR count). The first-order valence-corrected chi connectivity index (χ1v) is 20.9. The second kappa shape index (κ2) is 16.4. The number of hydrogen-bond acceptors (Lipinski definition) is 7. The zero-order chi connectivity index (χ0) is 42.0. The summed E-state index contributed by atoms with van der Waals surface area (Å²) in [6, 6.07) is 76.7. The summed E-state index contributed by atoms with van der Waals surface area (Å²) in [6.07, 6.45) is 0. The highest BCUT2D eigenvalue weighted by atomic mass is 15.1. The predicted molar refractivity (Wildman–Crippen MR) is 256 cm³/mol. The average Bonchev–Trinajstić information content (AvgIpc) is 3.37. The normalized spacial score (nSPS) is 11.2. The van der Waals surface area contributed by atoms with Crippen molar-refractivity contribution < 1.29 is 0 Å². The maximum Gasteiger partial charge on any atom is 0.164 e. The van der Waals surface area contributed by atoms with E-state index in [-0.39, 0.29) is 0 Å². The average molecular weight is 808 g/mol. The number of hydrogen-bond donors (Lipinski definition) is 0. The van der Waals surface area contributed by atoms with Crippen molar-refractivity contribution in [3.8, 4) is 68.3 Å². The van der Waals surface area contributed by atoms with Gasteiger partial charge in [0.05, 0.1) is 0 Å². The van der Waals surface area contributed by atoms with Crippen LogP contribution in [0, 0.1) is 0 Å². The molecule has 0 radical (unpaired) electrons. The molecule has 9 aromatic carbocycles. The van der Waals surface area contributed by atoms with E-state index in [1.807, 2.05) is 121 Å². The Balaban J connectivity index is 1.01. The Morgan fingerprint density at radius 3 is 0.825 bits per heavy atom. The van der Waals surface area contributed by atoms with E-state index in [2.05, 4.69) is 108 Å². The third-order valence-electron chi connectivity index (χ3n) is 11.1. The summed E-state index contributed by atoms with van der Waals surface area (Å²) >= 11 is 0. The first kappa shape index (κ1) is 37.3. The fourth-order valence-corrected chi connectivity index (χ4v) is 7.91. The maximum absolute atomic E-state index is 4.99. The van der Waals surface area contributed by atoms with Crippen LogP contribution in [0.2, 0.25) is 0 Å². The van der Waals surface area contributed by atoms with Crippen molar-refractivity contribution in [2.45, 2.75) is 0 Å². The second-order valence-corrected chi connectivity index (χ2v) is 15.2. The number of anilines is 3. The minimum atomic E-state index is 0.602. The van der Waals surface area contributed by atoms with Crippen molar-refractivity contribution in [3.05, 3.63) is 224 Å². The number of aromatic nitrogens is 6. The molecule has 0 aliphatic rings. The Bertz CT molecular complexity index is 3080. The van der Waals surface area contributed by atoms with Gasteiger partial charge in [0.15, 0.2) is 34.9 Å². The number of benzene rings is 9. The van der Waals surface area contributed by atoms with E-state index in [1.165, 1.54) is 16.2 Å². The second-order valence-electron chi connectivity index (χ2n) is 15.2. The van der Waals surface area contributed by atoms with Crippen LogP contribution in [0.15, 0.2) is 224 Å². The molecule has 0 N–H and O–H groups in total. The van der Waals surface area contributed by atoms with Gasteiger partial charge in [0.25, 0.3) is 0 Å². The van der Waals surface area contributed by atoms with E-state index in [1.54, 1.807) is 0 Å². The molecule has 0 fully saturated rings. The quantitative estimate of drug-likeness (QED) is 0.134. The first-order valence-electron chi connectivity index (χ1n) is 20.9. The van der Waals surface area contributed by atoms with Crippen LogP contribution in [0.3, 0.4) is 0 Å². The molecule has 0 amide bonds. The largest absolute Gasteiger partial charge is 0.310 e. The van der Waals surface area contributed by atoms with Gasteiger partial charge >= 0.3 is 0 Å². The lowest BCUT2D eigenvalue weighted by atomic mass is 10.0. The lowest BCUT2D eigenvalue weighted by molar-refractivity contribution is 1.07. The maximum atomic E-state index is 4.99. The van der Waals surface area contributed by atoms with Crippen LogP contribution in [0.25, 0.3) is 89.9 Å². The molecular weight excluding hydrogens is 771 g/mol. The molecule has 0 saturated heterocycles. The van der Waals surface area contributed by atoms with Crippen LogP contribution >= 0.6 is 0 Å². The summed E-state index contributed by atoms with van der Waals surface area (Å²) in [5.41, 5.74) is 8.46. The third-order valence-corrected chi connectivity index (χ3v) is 11.1. The van der Waals surface area contributed by atoms with Gasteiger partial charge in [-0.25, -0.2) is 29.9 Å². The van der Waals surface area contributed by atoms with E-state index in [0.717, 1.165) is 55.8 Å². The summed E-state index contributed by atoms with van der Waals surface area (Å²) in [5.74, 6) is 3.70. The fourth-order valence-electron chi connectivity index (χ4n) is 7.91. The molecule has 0 spiro atoms. The van der Waals surface area contributed by atoms with Crippen LogP contribution in [0.4, 0.5) is 17.1 Å². The molecule has 63 heavy (non-hydrogen) atoms. The summed E-state index contributed by atoms with van der Waals surface area (Å²) in [6.45, 7) is 0. The number of fused-ring (bicyclic) bond motifs is 2. The molecule has 11 aromatic rings. The van der Waals surface area contributed by atoms with Crippen molar-refractivity contribution in [2.75, 3.05) is 4.90 Å². The molecule has 0 atom stereocenters. The van der Waals surface area contributed by atoms with Crippen molar-refractivity contribution in [1.29, 1.82) is 0 Å². The highest BCUT2D eigenvalue weighted by molar-refractivity contribution is 6.00. The van der Waals surface area contributed by atoms with Gasteiger partial charge in [-0.3, -0.25) is 0 Å². The van der Waals surface area contributed by atoms with Gasteiger partial charge in [-0.15, -0.1) is 0 Å². The van der Waals surface area contributed by atoms with Crippen LogP contribution in [-0.2, 0) is 0 Å². The SMILES string of the molecule is c1ccc(-c2nc(-c3ccccc3)nc(-c3ccc(N(c4ccc(-c5nc(-c6ccccc6)nc(-c6ccccc6)n5)cc4)c4ccc5cc6ccccc6cc5c4)cc3)n2)cc1. The lowest BCUT2D eigenvalue weighted by Crippen LogP contribution is -2.10. The summed E-state index contributed by atoms with van der Waals surface area (Å²) in [7, 11) is 0. The molecule has 296 valence electrons. The van der Waals surface area contributed by atoms with Gasteiger partial charge in [-0.2, -0.15) is 0 Å². The molecule has 0 unspecified atom stereocenters. The molecule has 2 aromatic heterocycles. The van der Waals surface area contributed by atoms with E-state index >= 15 is 0 Å². The fraction of sp³-hybridized carbons (Fsp3) is 0. The van der Waals surface area contributed by atoms with Gasteiger partial charge < -0.3 is 4.90 Å². The monoisotopic (exact) mass is 807 g/mol. The van der Waals surface area contributed by atoms with Crippen LogP contribution in [0.5, 0.6) is 0 Å². The zero-order valence-corrected chi connectivity index (χ0v) is 34.0. The minimum Gasteiger partial charge on any atom is -0.310 e. The third kappa shape index (κ3) is 7.67. The first-order chi connectivity index (χ1) is 31.2. The molecule has 7 nitrogen and oxygen atoms in total. The summed E-state index contributed by atoms with van der Waals surface area (Å²) in [5, 5.41) is 4.75. The minimum absolute atomic E-state index is 0.602. The molecular formula is C56H37N7. The Morgan fingerprint density at radius 2 is 0.476 bits per heavy atom. The van der Waals surface area contributed by atoms with Crippen molar-refractivity contribution in [2.24, 2.45) is 0 Å². The Labute approximate surface area is 364 Å². The zero-order valence-electron chi connectivity index (χ0n) is 34.0. The van der Waals surface area contributed by atoms with E-state index < -0.39 is 0 Å². The highest BCUT2D eigenvalue weighted by Crippen LogP contribution is 2.39. The van der Waals surface area contributed by atoms with Gasteiger partial charge in [-0.1, -0.05) is 152 Å². The van der Waals surface area contributed by atoms with E-state index in [9.17, 15) is 0 Å². The number of nitrogens with zero attached hydrogens (tertiary/aromatic N) is 7. The Kier molecular flexibility index (Phi) is 9.72. The van der Waals surface area contributed by atoms with E-state index in [4.69, 9.17) is 29.9 Å². The molecule has 0 aliphatic carbocycles. The lowest BCUT2D eigenvalue weighted by Gasteiger charge is -2.26. The standard InChI is InChI=1S/C56H37N7/c1-5-15-38(16-6-1)51-57-52(39-17-7-2-8-18-39)60-55(59-51)42-25-30-48(31-26-42)63(50-34-29-46-35-44-23-13-14-24-45(44)36-47(46)37-50)49-32-27-43(28-33-49)56-61-53(40-19-9-3-10-20-40)58-54(62-56)41-21-11-4-12-22-41/h1-37H. The van der Waals surface area contributed by atoms with Crippen molar-refractivity contribution >= 4 is 38.6 Å². The highest BCUT2D eigenvalue weighted by Gasteiger charge is 2.18. The van der Waals surface area contributed by atoms with Gasteiger partial charge in [0.1, 0.15) is 0 Å². The molecule has 7 heteroatoms. The Morgan fingerprint density at radius 1 is 0.206 bits per heavy atom. The topological polar surface area (TPSA) is 80.6 Å². The molecule has 0 aliphatic heterocycles. The van der Waals surface area contributed by atoms with Crippen LogP contribution in [0.1, 0.15) is 0 Å². The van der Waals surface area contributed by atoms with Crippen LogP contribution < -0.4 is 4.90 Å². The molecule has 2 heterocycles. The van der Waals surface area contributed by atoms with Crippen molar-refractivity contribution in [3.63, 3.8) is 0 Å². The number of rotatable bonds is 9. The smallest absolute Gasteiger partial charge is 0.164 e. The predicted octanol–water partition coefficient (Wildman–Crippen LogP) is 13.8. The van der Waals surface area contributed by atoms with Gasteiger partial charge in [-0.05, 0) is 94.3 Å². The van der Waals surface area contributed by atoms with E-state index in [0.29, 0.717) is 34.9 Å². The van der Waals surface area contributed by atoms with Gasteiger partial charge in [0.2, 0.25) is 0 Å². The molecule has 0 saturated carbocycles. The summed E-state index contributed by atoms with van der Waals surface area (Å²) < 4.78 is 0. The molecule has 0 bridgehead atoms. The van der Waals surface area contributed by atoms with Gasteiger partial charge in [0, 0.05) is 50.4 Å². The summed E-state index contributed by atoms with van der Waals surface area (Å²) in [4.78, 5) is 32.0.